The number of carbonyl (C=O) groups excluding carboxylic acids is 1. The van der Waals surface area contributed by atoms with Gasteiger partial charge in [0, 0.05) is 19.1 Å². The Morgan fingerprint density at radius 2 is 2.24 bits per heavy atom. The highest BCUT2D eigenvalue weighted by molar-refractivity contribution is 5.79. The van der Waals surface area contributed by atoms with Gasteiger partial charge in [0.05, 0.1) is 6.54 Å². The van der Waals surface area contributed by atoms with Crippen LogP contribution in [0.25, 0.3) is 0 Å². The molecule has 0 aromatic heterocycles. The van der Waals surface area contributed by atoms with E-state index in [-0.39, 0.29) is 11.9 Å². The molecule has 0 bridgehead atoms. The lowest BCUT2D eigenvalue weighted by Gasteiger charge is -2.28. The summed E-state index contributed by atoms with van der Waals surface area (Å²) in [7, 11) is 0. The number of nitrogens with one attached hydrogen (secondary N) is 1. The van der Waals surface area contributed by atoms with Crippen molar-refractivity contribution in [3.63, 3.8) is 0 Å². The molecule has 4 heteroatoms. The number of hydrogen-bond donors (Lipinski definition) is 2. The Hall–Kier alpha value is -1.05. The lowest BCUT2D eigenvalue weighted by molar-refractivity contribution is -0.123. The van der Waals surface area contributed by atoms with Crippen LogP contribution in [-0.2, 0) is 4.79 Å². The molecule has 1 rings (SSSR count). The van der Waals surface area contributed by atoms with E-state index in [1.807, 2.05) is 13.8 Å². The molecule has 0 spiro atoms. The summed E-state index contributed by atoms with van der Waals surface area (Å²) in [6.45, 7) is 6.09. The fourth-order valence-corrected chi connectivity index (χ4v) is 2.18. The van der Waals surface area contributed by atoms with Crippen LogP contribution in [0.4, 0.5) is 0 Å². The van der Waals surface area contributed by atoms with Crippen molar-refractivity contribution < 1.29 is 4.79 Å². The first-order valence-electron chi connectivity index (χ1n) is 6.32. The van der Waals surface area contributed by atoms with Gasteiger partial charge in [-0.15, -0.1) is 6.42 Å². The van der Waals surface area contributed by atoms with Gasteiger partial charge in [-0.25, -0.2) is 0 Å². The number of likely N-dealkylation sites (tertiary alicyclic amines) is 1. The standard InChI is InChI=1S/C13H23N3O/c1-4-13(5-2,6-3)15-12(17)10-16-8-7-11(14)9-16/h1,11H,5-10,14H2,2-3H3,(H,15,17). The zero-order chi connectivity index (χ0) is 12.9. The Labute approximate surface area is 104 Å². The van der Waals surface area contributed by atoms with E-state index >= 15 is 0 Å². The zero-order valence-electron chi connectivity index (χ0n) is 10.8. The second-order valence-corrected chi connectivity index (χ2v) is 4.77. The largest absolute Gasteiger partial charge is 0.339 e. The molecule has 96 valence electrons. The highest BCUT2D eigenvalue weighted by Crippen LogP contribution is 2.14. The first-order chi connectivity index (χ1) is 8.05. The molecule has 1 heterocycles. The van der Waals surface area contributed by atoms with Gasteiger partial charge in [-0.2, -0.15) is 0 Å². The Morgan fingerprint density at radius 1 is 1.59 bits per heavy atom. The number of carbonyl (C=O) groups is 1. The number of hydrogen-bond acceptors (Lipinski definition) is 3. The van der Waals surface area contributed by atoms with E-state index < -0.39 is 5.54 Å². The van der Waals surface area contributed by atoms with Crippen LogP contribution in [0.5, 0.6) is 0 Å². The van der Waals surface area contributed by atoms with Crippen LogP contribution in [-0.4, -0.2) is 42.0 Å². The third-order valence-electron chi connectivity index (χ3n) is 3.54. The van der Waals surface area contributed by atoms with Crippen molar-refractivity contribution in [2.24, 2.45) is 5.73 Å². The summed E-state index contributed by atoms with van der Waals surface area (Å²) in [6, 6.07) is 0.206. The van der Waals surface area contributed by atoms with Crippen LogP contribution in [0.15, 0.2) is 0 Å². The third-order valence-corrected chi connectivity index (χ3v) is 3.54. The summed E-state index contributed by atoms with van der Waals surface area (Å²) >= 11 is 0. The van der Waals surface area contributed by atoms with Crippen molar-refractivity contribution in [2.45, 2.75) is 44.7 Å². The maximum Gasteiger partial charge on any atom is 0.235 e. The second kappa shape index (κ2) is 6.04. The van der Waals surface area contributed by atoms with Crippen molar-refractivity contribution in [3.05, 3.63) is 0 Å². The molecule has 3 N–H and O–H groups in total. The molecular formula is C13H23N3O. The first-order valence-corrected chi connectivity index (χ1v) is 6.32. The molecule has 0 saturated carbocycles. The van der Waals surface area contributed by atoms with Gasteiger partial charge in [0.25, 0.3) is 0 Å². The van der Waals surface area contributed by atoms with Gasteiger partial charge in [0.2, 0.25) is 5.91 Å². The molecule has 1 atom stereocenters. The summed E-state index contributed by atoms with van der Waals surface area (Å²) in [6.07, 6.45) is 7.99. The summed E-state index contributed by atoms with van der Waals surface area (Å²) in [5.74, 6) is 2.71. The Bertz CT molecular complexity index is 304. The molecule has 1 unspecified atom stereocenters. The highest BCUT2D eigenvalue weighted by atomic mass is 16.2. The predicted octanol–water partition coefficient (Wildman–Crippen LogP) is 0.328. The van der Waals surface area contributed by atoms with Crippen molar-refractivity contribution in [1.29, 1.82) is 0 Å². The van der Waals surface area contributed by atoms with Crippen molar-refractivity contribution in [2.75, 3.05) is 19.6 Å². The number of nitrogens with two attached hydrogens (primary N) is 1. The van der Waals surface area contributed by atoms with Crippen LogP contribution >= 0.6 is 0 Å². The molecule has 0 aliphatic carbocycles. The van der Waals surface area contributed by atoms with Gasteiger partial charge in [0.1, 0.15) is 5.54 Å². The Kier molecular flexibility index (Phi) is 4.98. The van der Waals surface area contributed by atoms with Gasteiger partial charge in [0.15, 0.2) is 0 Å². The van der Waals surface area contributed by atoms with E-state index in [1.54, 1.807) is 0 Å². The van der Waals surface area contributed by atoms with E-state index in [4.69, 9.17) is 12.2 Å². The van der Waals surface area contributed by atoms with Gasteiger partial charge < -0.3 is 11.1 Å². The van der Waals surface area contributed by atoms with Crippen molar-refractivity contribution in [3.8, 4) is 12.3 Å². The maximum absolute atomic E-state index is 11.9. The van der Waals surface area contributed by atoms with Gasteiger partial charge in [-0.3, -0.25) is 9.69 Å². The van der Waals surface area contributed by atoms with Crippen LogP contribution in [0.3, 0.4) is 0 Å². The van der Waals surface area contributed by atoms with Crippen molar-refractivity contribution >= 4 is 5.91 Å². The molecule has 1 amide bonds. The van der Waals surface area contributed by atoms with E-state index in [0.29, 0.717) is 6.54 Å². The lowest BCUT2D eigenvalue weighted by Crippen LogP contribution is -2.49. The van der Waals surface area contributed by atoms with Gasteiger partial charge in [-0.1, -0.05) is 19.8 Å². The second-order valence-electron chi connectivity index (χ2n) is 4.77. The first kappa shape index (κ1) is 14.0. The molecule has 17 heavy (non-hydrogen) atoms. The number of terminal acetylenes is 1. The van der Waals surface area contributed by atoms with E-state index in [9.17, 15) is 4.79 Å². The van der Waals surface area contributed by atoms with Crippen LogP contribution in [0, 0.1) is 12.3 Å². The molecular weight excluding hydrogens is 214 g/mol. The smallest absolute Gasteiger partial charge is 0.235 e. The maximum atomic E-state index is 11.9. The minimum absolute atomic E-state index is 0.000694. The average Bonchev–Trinajstić information content (AvgIpc) is 2.72. The minimum Gasteiger partial charge on any atom is -0.339 e. The molecule has 1 aliphatic heterocycles. The number of amides is 1. The molecule has 0 aromatic rings. The molecule has 1 saturated heterocycles. The van der Waals surface area contributed by atoms with Crippen LogP contribution < -0.4 is 11.1 Å². The van der Waals surface area contributed by atoms with Crippen molar-refractivity contribution in [1.82, 2.24) is 10.2 Å². The molecule has 4 nitrogen and oxygen atoms in total. The summed E-state index contributed by atoms with van der Waals surface area (Å²) in [5.41, 5.74) is 5.31. The fraction of sp³-hybridized carbons (Fsp3) is 0.769. The Balaban J connectivity index is 2.46. The molecule has 1 fully saturated rings. The van der Waals surface area contributed by atoms with Crippen LogP contribution in [0.1, 0.15) is 33.1 Å². The quantitative estimate of drug-likeness (QED) is 0.677. The zero-order valence-corrected chi connectivity index (χ0v) is 10.8. The topological polar surface area (TPSA) is 58.4 Å². The highest BCUT2D eigenvalue weighted by Gasteiger charge is 2.27. The van der Waals surface area contributed by atoms with E-state index in [2.05, 4.69) is 16.1 Å². The van der Waals surface area contributed by atoms with Crippen LogP contribution in [0.2, 0.25) is 0 Å². The Morgan fingerprint density at radius 3 is 2.65 bits per heavy atom. The molecule has 1 aliphatic rings. The average molecular weight is 237 g/mol. The monoisotopic (exact) mass is 237 g/mol. The number of rotatable bonds is 5. The fourth-order valence-electron chi connectivity index (χ4n) is 2.18. The normalized spacial score (nSPS) is 21.2. The summed E-state index contributed by atoms with van der Waals surface area (Å²) in [5, 5.41) is 2.96. The van der Waals surface area contributed by atoms with E-state index in [1.165, 1.54) is 0 Å². The molecule has 0 radical (unpaired) electrons. The third kappa shape index (κ3) is 3.72. The SMILES string of the molecule is C#CC(CC)(CC)NC(=O)CN1CCC(N)C1. The predicted molar refractivity (Wildman–Crippen MR) is 69.3 cm³/mol. The van der Waals surface area contributed by atoms with E-state index in [0.717, 1.165) is 32.4 Å². The summed E-state index contributed by atoms with van der Waals surface area (Å²) < 4.78 is 0. The van der Waals surface area contributed by atoms with Gasteiger partial charge >= 0.3 is 0 Å². The number of nitrogens with zero attached hydrogens (tertiary/aromatic N) is 1. The van der Waals surface area contributed by atoms with Gasteiger partial charge in [-0.05, 0) is 19.3 Å². The lowest BCUT2D eigenvalue weighted by atomic mass is 9.94. The minimum atomic E-state index is -0.487. The summed E-state index contributed by atoms with van der Waals surface area (Å²) in [4.78, 5) is 14.0. The molecule has 0 aromatic carbocycles.